The lowest BCUT2D eigenvalue weighted by molar-refractivity contribution is -0.510. The van der Waals surface area contributed by atoms with Gasteiger partial charge in [-0.2, -0.15) is 0 Å². The van der Waals surface area contributed by atoms with Crippen molar-refractivity contribution in [2.24, 2.45) is 0 Å². The standard InChI is InChI=1S/C6H9NO5/c1-2-3-5(7(10)11)6(9)12-4-8/h4-5H,2-3H2,1H3. The van der Waals surface area contributed by atoms with Crippen LogP contribution >= 0.6 is 0 Å². The molecule has 0 heterocycles. The van der Waals surface area contributed by atoms with Crippen LogP contribution in [0.3, 0.4) is 0 Å². The fraction of sp³-hybridized carbons (Fsp3) is 0.667. The maximum atomic E-state index is 10.7. The lowest BCUT2D eigenvalue weighted by atomic mass is 10.2. The molecular weight excluding hydrogens is 166 g/mol. The fourth-order valence-electron chi connectivity index (χ4n) is 0.709. The number of esters is 1. The Hall–Kier alpha value is -1.46. The Balaban J connectivity index is 4.18. The Morgan fingerprint density at radius 2 is 2.33 bits per heavy atom. The van der Waals surface area contributed by atoms with E-state index in [2.05, 4.69) is 4.74 Å². The molecule has 0 spiro atoms. The highest BCUT2D eigenvalue weighted by Gasteiger charge is 2.30. The van der Waals surface area contributed by atoms with Gasteiger partial charge in [-0.3, -0.25) is 14.9 Å². The number of ether oxygens (including phenoxy) is 1. The van der Waals surface area contributed by atoms with Gasteiger partial charge in [0.15, 0.2) is 0 Å². The molecule has 0 rings (SSSR count). The second kappa shape index (κ2) is 5.22. The number of carbonyl (C=O) groups is 2. The fourth-order valence-corrected chi connectivity index (χ4v) is 0.709. The molecule has 0 aliphatic rings. The van der Waals surface area contributed by atoms with E-state index in [4.69, 9.17) is 0 Å². The van der Waals surface area contributed by atoms with E-state index in [9.17, 15) is 19.7 Å². The minimum atomic E-state index is -1.42. The van der Waals surface area contributed by atoms with Crippen LogP contribution in [0.2, 0.25) is 0 Å². The van der Waals surface area contributed by atoms with Crippen molar-refractivity contribution in [3.8, 4) is 0 Å². The second-order valence-electron chi connectivity index (χ2n) is 2.12. The predicted molar refractivity (Wildman–Crippen MR) is 37.8 cm³/mol. The van der Waals surface area contributed by atoms with E-state index in [-0.39, 0.29) is 12.9 Å². The smallest absolute Gasteiger partial charge is 0.389 e. The molecule has 1 atom stereocenters. The molecule has 1 unspecified atom stereocenters. The summed E-state index contributed by atoms with van der Waals surface area (Å²) in [5.41, 5.74) is 0. The van der Waals surface area contributed by atoms with Crippen LogP contribution < -0.4 is 0 Å². The minimum absolute atomic E-state index is 0.0830. The van der Waals surface area contributed by atoms with E-state index < -0.39 is 16.9 Å². The van der Waals surface area contributed by atoms with Gasteiger partial charge in [-0.05, 0) is 6.42 Å². The molecule has 0 aromatic heterocycles. The summed E-state index contributed by atoms with van der Waals surface area (Å²) < 4.78 is 3.86. The minimum Gasteiger partial charge on any atom is -0.390 e. The van der Waals surface area contributed by atoms with E-state index in [1.54, 1.807) is 6.92 Å². The number of rotatable bonds is 5. The van der Waals surface area contributed by atoms with Crippen molar-refractivity contribution < 1.29 is 19.2 Å². The van der Waals surface area contributed by atoms with Crippen molar-refractivity contribution in [2.45, 2.75) is 25.8 Å². The Morgan fingerprint density at radius 1 is 1.75 bits per heavy atom. The maximum Gasteiger partial charge on any atom is 0.389 e. The highest BCUT2D eigenvalue weighted by molar-refractivity contribution is 5.80. The molecule has 0 N–H and O–H groups in total. The molecule has 12 heavy (non-hydrogen) atoms. The van der Waals surface area contributed by atoms with Crippen LogP contribution in [0.25, 0.3) is 0 Å². The summed E-state index contributed by atoms with van der Waals surface area (Å²) in [4.78, 5) is 29.8. The van der Waals surface area contributed by atoms with Gasteiger partial charge in [0, 0.05) is 11.3 Å². The summed E-state index contributed by atoms with van der Waals surface area (Å²) in [6.45, 7) is 1.60. The zero-order valence-electron chi connectivity index (χ0n) is 6.56. The first kappa shape index (κ1) is 10.5. The van der Waals surface area contributed by atoms with Crippen LogP contribution in [0.1, 0.15) is 19.8 Å². The van der Waals surface area contributed by atoms with Gasteiger partial charge < -0.3 is 4.74 Å². The third-order valence-electron chi connectivity index (χ3n) is 1.25. The first-order chi connectivity index (χ1) is 5.63. The van der Waals surface area contributed by atoms with Crippen LogP contribution in [-0.2, 0) is 14.3 Å². The normalized spacial score (nSPS) is 11.8. The van der Waals surface area contributed by atoms with Crippen LogP contribution in [-0.4, -0.2) is 23.4 Å². The van der Waals surface area contributed by atoms with Gasteiger partial charge in [0.25, 0.3) is 0 Å². The van der Waals surface area contributed by atoms with E-state index >= 15 is 0 Å². The largest absolute Gasteiger partial charge is 0.390 e. The maximum absolute atomic E-state index is 10.7. The van der Waals surface area contributed by atoms with Gasteiger partial charge in [-0.1, -0.05) is 6.92 Å². The summed E-state index contributed by atoms with van der Waals surface area (Å²) in [5.74, 6) is -1.10. The molecule has 0 aromatic carbocycles. The third kappa shape index (κ3) is 3.09. The molecule has 0 aliphatic heterocycles. The van der Waals surface area contributed by atoms with Crippen LogP contribution in [0.5, 0.6) is 0 Å². The van der Waals surface area contributed by atoms with Crippen molar-refractivity contribution >= 4 is 12.4 Å². The quantitative estimate of drug-likeness (QED) is 0.195. The molecular formula is C6H9NO5. The van der Waals surface area contributed by atoms with Crippen molar-refractivity contribution in [3.05, 3.63) is 10.1 Å². The monoisotopic (exact) mass is 175 g/mol. The van der Waals surface area contributed by atoms with Crippen molar-refractivity contribution in [3.63, 3.8) is 0 Å². The molecule has 0 saturated carbocycles. The van der Waals surface area contributed by atoms with Gasteiger partial charge >= 0.3 is 18.5 Å². The average Bonchev–Trinajstić information content (AvgIpc) is 1.99. The first-order valence-electron chi connectivity index (χ1n) is 3.41. The number of nitro groups is 1. The average molecular weight is 175 g/mol. The van der Waals surface area contributed by atoms with Crippen LogP contribution in [0, 0.1) is 10.1 Å². The summed E-state index contributed by atoms with van der Waals surface area (Å²) in [6.07, 6.45) is 0.569. The van der Waals surface area contributed by atoms with E-state index in [1.807, 2.05) is 0 Å². The Labute approximate surface area is 68.7 Å². The summed E-state index contributed by atoms with van der Waals surface area (Å²) in [7, 11) is 0. The lowest BCUT2D eigenvalue weighted by Gasteiger charge is -2.03. The van der Waals surface area contributed by atoms with Gasteiger partial charge in [-0.15, -0.1) is 0 Å². The Morgan fingerprint density at radius 3 is 2.67 bits per heavy atom. The first-order valence-corrected chi connectivity index (χ1v) is 3.41. The van der Waals surface area contributed by atoms with Gasteiger partial charge in [0.1, 0.15) is 0 Å². The number of nitrogens with zero attached hydrogens (tertiary/aromatic N) is 1. The zero-order valence-corrected chi connectivity index (χ0v) is 6.56. The van der Waals surface area contributed by atoms with Crippen LogP contribution in [0.15, 0.2) is 0 Å². The third-order valence-corrected chi connectivity index (χ3v) is 1.25. The molecule has 0 aromatic rings. The molecule has 0 amide bonds. The summed E-state index contributed by atoms with van der Waals surface area (Å²) in [5, 5.41) is 10.2. The van der Waals surface area contributed by atoms with E-state index in [0.717, 1.165) is 0 Å². The summed E-state index contributed by atoms with van der Waals surface area (Å²) in [6, 6.07) is -1.42. The topological polar surface area (TPSA) is 86.5 Å². The lowest BCUT2D eigenvalue weighted by Crippen LogP contribution is -2.30. The van der Waals surface area contributed by atoms with Crippen molar-refractivity contribution in [1.29, 1.82) is 0 Å². The second-order valence-corrected chi connectivity index (χ2v) is 2.12. The molecule has 0 radical (unpaired) electrons. The molecule has 68 valence electrons. The van der Waals surface area contributed by atoms with E-state index in [0.29, 0.717) is 6.42 Å². The SMILES string of the molecule is CCCC(C(=O)OC=O)[N+](=O)[O-]. The van der Waals surface area contributed by atoms with Crippen molar-refractivity contribution in [1.82, 2.24) is 0 Å². The van der Waals surface area contributed by atoms with Crippen molar-refractivity contribution in [2.75, 3.05) is 0 Å². The highest BCUT2D eigenvalue weighted by atomic mass is 16.6. The number of carbonyl (C=O) groups excluding carboxylic acids is 2. The molecule has 0 fully saturated rings. The molecule has 0 aliphatic carbocycles. The highest BCUT2D eigenvalue weighted by Crippen LogP contribution is 2.02. The van der Waals surface area contributed by atoms with Crippen LogP contribution in [0.4, 0.5) is 0 Å². The van der Waals surface area contributed by atoms with Gasteiger partial charge in [0.05, 0.1) is 0 Å². The Bertz CT molecular complexity index is 190. The molecule has 6 nitrogen and oxygen atoms in total. The predicted octanol–water partition coefficient (Wildman–Crippen LogP) is 0.131. The summed E-state index contributed by atoms with van der Waals surface area (Å²) >= 11 is 0. The van der Waals surface area contributed by atoms with Gasteiger partial charge in [0.2, 0.25) is 0 Å². The molecule has 6 heteroatoms. The Kier molecular flexibility index (Phi) is 4.59. The number of hydrogen-bond donors (Lipinski definition) is 0. The van der Waals surface area contributed by atoms with Gasteiger partial charge in [-0.25, -0.2) is 4.79 Å². The number of hydrogen-bond acceptors (Lipinski definition) is 5. The molecule has 0 bridgehead atoms. The van der Waals surface area contributed by atoms with E-state index in [1.165, 1.54) is 0 Å². The molecule has 0 saturated heterocycles. The zero-order chi connectivity index (χ0) is 9.56.